The topological polar surface area (TPSA) is 45.2 Å². The van der Waals surface area contributed by atoms with Crippen LogP contribution in [0, 0.1) is 6.92 Å². The van der Waals surface area contributed by atoms with E-state index in [1.807, 2.05) is 31.2 Å². The number of hydrogen-bond donors (Lipinski definition) is 1. The summed E-state index contributed by atoms with van der Waals surface area (Å²) in [6.45, 7) is 1.95. The minimum Gasteiger partial charge on any atom is -0.351 e. The van der Waals surface area contributed by atoms with Crippen molar-refractivity contribution in [3.05, 3.63) is 53.7 Å². The highest BCUT2D eigenvalue weighted by molar-refractivity contribution is 6.04. The van der Waals surface area contributed by atoms with Gasteiger partial charge in [-0.1, -0.05) is 17.7 Å². The number of nitrogens with one attached hydrogen (secondary N) is 1. The maximum atomic E-state index is 13.2. The van der Waals surface area contributed by atoms with Gasteiger partial charge in [0, 0.05) is 11.9 Å². The molecule has 4 nitrogen and oxygen atoms in total. The number of carbonyl (C=O) groups is 1. The van der Waals surface area contributed by atoms with Crippen LogP contribution in [0.4, 0.5) is 20.3 Å². The largest absolute Gasteiger partial charge is 0.351 e. The van der Waals surface area contributed by atoms with E-state index in [9.17, 15) is 13.6 Å². The second kappa shape index (κ2) is 6.32. The van der Waals surface area contributed by atoms with Crippen molar-refractivity contribution in [3.8, 4) is 0 Å². The molecular formula is C17H17F2N3O. The fourth-order valence-corrected chi connectivity index (χ4v) is 2.46. The van der Waals surface area contributed by atoms with E-state index in [-0.39, 0.29) is 19.0 Å². The smallest absolute Gasteiger partial charge is 0.257 e. The van der Waals surface area contributed by atoms with E-state index in [1.165, 1.54) is 11.1 Å². The molecule has 1 saturated heterocycles. The third kappa shape index (κ3) is 3.47. The van der Waals surface area contributed by atoms with Crippen molar-refractivity contribution in [1.82, 2.24) is 4.98 Å². The zero-order chi connectivity index (χ0) is 16.4. The molecule has 1 aliphatic rings. The number of benzene rings is 1. The first-order chi connectivity index (χ1) is 11.0. The van der Waals surface area contributed by atoms with E-state index in [2.05, 4.69) is 10.3 Å². The molecule has 120 valence electrons. The molecule has 0 unspecified atom stereocenters. The van der Waals surface area contributed by atoms with Crippen LogP contribution in [0.3, 0.4) is 0 Å². The quantitative estimate of drug-likeness (QED) is 0.946. The first kappa shape index (κ1) is 15.4. The minimum absolute atomic E-state index is 0.0108. The first-order valence-electron chi connectivity index (χ1n) is 7.40. The molecule has 2 atom stereocenters. The summed E-state index contributed by atoms with van der Waals surface area (Å²) >= 11 is 0. The summed E-state index contributed by atoms with van der Waals surface area (Å²) in [5.41, 5.74) is 2.20. The van der Waals surface area contributed by atoms with E-state index in [0.29, 0.717) is 17.1 Å². The van der Waals surface area contributed by atoms with Gasteiger partial charge in [-0.3, -0.25) is 4.79 Å². The molecule has 23 heavy (non-hydrogen) atoms. The van der Waals surface area contributed by atoms with Gasteiger partial charge in [0.05, 0.1) is 18.7 Å². The van der Waals surface area contributed by atoms with Gasteiger partial charge in [-0.25, -0.2) is 13.8 Å². The molecule has 3 rings (SSSR count). The predicted octanol–water partition coefficient (Wildman–Crippen LogP) is 3.14. The fraction of sp³-hybridized carbons (Fsp3) is 0.294. The zero-order valence-corrected chi connectivity index (χ0v) is 12.7. The van der Waals surface area contributed by atoms with Crippen molar-refractivity contribution in [2.75, 3.05) is 23.3 Å². The number of rotatable bonds is 3. The monoisotopic (exact) mass is 317 g/mol. The van der Waals surface area contributed by atoms with Gasteiger partial charge in [-0.05, 0) is 31.2 Å². The highest BCUT2D eigenvalue weighted by Gasteiger charge is 2.33. The SMILES string of the molecule is Cc1ccc(NC(=O)c2ccc(N3C[C@@H](F)[C@@H](F)C3)nc2)cc1. The predicted molar refractivity (Wildman–Crippen MR) is 85.4 cm³/mol. The van der Waals surface area contributed by atoms with Crippen molar-refractivity contribution < 1.29 is 13.6 Å². The number of alkyl halides is 2. The summed E-state index contributed by atoms with van der Waals surface area (Å²) in [5, 5.41) is 2.78. The zero-order valence-electron chi connectivity index (χ0n) is 12.7. The average Bonchev–Trinajstić information content (AvgIpc) is 2.89. The normalized spacial score (nSPS) is 20.6. The lowest BCUT2D eigenvalue weighted by Gasteiger charge is -2.16. The highest BCUT2D eigenvalue weighted by atomic mass is 19.2. The lowest BCUT2D eigenvalue weighted by molar-refractivity contribution is 0.102. The number of aromatic nitrogens is 1. The Bertz CT molecular complexity index is 678. The van der Waals surface area contributed by atoms with Crippen LogP contribution < -0.4 is 10.2 Å². The summed E-state index contributed by atoms with van der Waals surface area (Å²) in [4.78, 5) is 17.8. The molecule has 1 aromatic carbocycles. The Morgan fingerprint density at radius 1 is 1.13 bits per heavy atom. The van der Waals surface area contributed by atoms with Crippen LogP contribution in [0.2, 0.25) is 0 Å². The molecule has 1 aliphatic heterocycles. The van der Waals surface area contributed by atoms with Gasteiger partial charge in [-0.2, -0.15) is 0 Å². The van der Waals surface area contributed by atoms with Gasteiger partial charge in [0.15, 0.2) is 12.3 Å². The van der Waals surface area contributed by atoms with Crippen LogP contribution >= 0.6 is 0 Å². The van der Waals surface area contributed by atoms with Crippen molar-refractivity contribution in [3.63, 3.8) is 0 Å². The summed E-state index contributed by atoms with van der Waals surface area (Å²) in [7, 11) is 0. The van der Waals surface area contributed by atoms with Gasteiger partial charge < -0.3 is 10.2 Å². The number of nitrogens with zero attached hydrogens (tertiary/aromatic N) is 2. The number of hydrogen-bond acceptors (Lipinski definition) is 3. The molecule has 6 heteroatoms. The highest BCUT2D eigenvalue weighted by Crippen LogP contribution is 2.22. The second-order valence-corrected chi connectivity index (χ2v) is 5.66. The van der Waals surface area contributed by atoms with Crippen LogP contribution in [-0.4, -0.2) is 36.3 Å². The van der Waals surface area contributed by atoms with Gasteiger partial charge in [-0.15, -0.1) is 0 Å². The van der Waals surface area contributed by atoms with Gasteiger partial charge in [0.1, 0.15) is 5.82 Å². The molecule has 1 N–H and O–H groups in total. The van der Waals surface area contributed by atoms with Crippen molar-refractivity contribution in [1.29, 1.82) is 0 Å². The van der Waals surface area contributed by atoms with Crippen molar-refractivity contribution in [2.45, 2.75) is 19.3 Å². The fourth-order valence-electron chi connectivity index (χ4n) is 2.46. The van der Waals surface area contributed by atoms with E-state index in [4.69, 9.17) is 0 Å². The summed E-state index contributed by atoms with van der Waals surface area (Å²) in [6.07, 6.45) is -1.56. The lowest BCUT2D eigenvalue weighted by atomic mass is 10.2. The molecule has 0 radical (unpaired) electrons. The van der Waals surface area contributed by atoms with Crippen LogP contribution in [0.5, 0.6) is 0 Å². The number of aryl methyl sites for hydroxylation is 1. The van der Waals surface area contributed by atoms with Gasteiger partial charge in [0.2, 0.25) is 0 Å². The average molecular weight is 317 g/mol. The van der Waals surface area contributed by atoms with Crippen LogP contribution in [0.15, 0.2) is 42.6 Å². The van der Waals surface area contributed by atoms with E-state index in [1.54, 1.807) is 12.1 Å². The molecule has 1 amide bonds. The number of halogens is 2. The molecule has 0 aliphatic carbocycles. The molecule has 0 saturated carbocycles. The summed E-state index contributed by atoms with van der Waals surface area (Å²) in [6, 6.07) is 10.7. The number of carbonyl (C=O) groups excluding carboxylic acids is 1. The van der Waals surface area contributed by atoms with Gasteiger partial charge >= 0.3 is 0 Å². The molecule has 0 spiro atoms. The maximum Gasteiger partial charge on any atom is 0.257 e. The summed E-state index contributed by atoms with van der Waals surface area (Å²) in [5.74, 6) is 0.195. The first-order valence-corrected chi connectivity index (χ1v) is 7.40. The molecular weight excluding hydrogens is 300 g/mol. The number of anilines is 2. The van der Waals surface area contributed by atoms with Crippen LogP contribution in [0.25, 0.3) is 0 Å². The van der Waals surface area contributed by atoms with Crippen LogP contribution in [-0.2, 0) is 0 Å². The third-order valence-corrected chi connectivity index (χ3v) is 3.83. The van der Waals surface area contributed by atoms with Crippen molar-refractivity contribution >= 4 is 17.4 Å². The van der Waals surface area contributed by atoms with Gasteiger partial charge in [0.25, 0.3) is 5.91 Å². The Balaban J connectivity index is 1.67. The van der Waals surface area contributed by atoms with Crippen LogP contribution in [0.1, 0.15) is 15.9 Å². The Morgan fingerprint density at radius 2 is 1.78 bits per heavy atom. The molecule has 1 aromatic heterocycles. The maximum absolute atomic E-state index is 13.2. The molecule has 0 bridgehead atoms. The lowest BCUT2D eigenvalue weighted by Crippen LogP contribution is -2.21. The minimum atomic E-state index is -1.48. The molecule has 2 aromatic rings. The van der Waals surface area contributed by atoms with Crippen molar-refractivity contribution in [2.24, 2.45) is 0 Å². The second-order valence-electron chi connectivity index (χ2n) is 5.66. The summed E-state index contributed by atoms with van der Waals surface area (Å²) < 4.78 is 26.4. The Morgan fingerprint density at radius 3 is 2.35 bits per heavy atom. The Labute approximate surface area is 133 Å². The standard InChI is InChI=1S/C17H17F2N3O/c1-11-2-5-13(6-3-11)21-17(23)12-4-7-16(20-8-12)22-9-14(18)15(19)10-22/h2-8,14-15H,9-10H2,1H3,(H,21,23)/t14-,15+. The van der Waals surface area contributed by atoms with E-state index < -0.39 is 12.3 Å². The Kier molecular flexibility index (Phi) is 4.23. The number of amides is 1. The molecule has 2 heterocycles. The van der Waals surface area contributed by atoms with E-state index >= 15 is 0 Å². The number of pyridine rings is 1. The molecule has 1 fully saturated rings. The Hall–Kier alpha value is -2.50. The van der Waals surface area contributed by atoms with E-state index in [0.717, 1.165) is 5.56 Å². The third-order valence-electron chi connectivity index (χ3n) is 3.83.